The lowest BCUT2D eigenvalue weighted by molar-refractivity contribution is -0.122. The first-order chi connectivity index (χ1) is 14.8. The number of methoxy groups -OCH3 is 1. The third-order valence-electron chi connectivity index (χ3n) is 4.23. The first kappa shape index (κ1) is 22.3. The number of halogens is 1. The summed E-state index contributed by atoms with van der Waals surface area (Å²) in [5.74, 6) is 1.36. The molecule has 0 atom stereocenters. The van der Waals surface area contributed by atoms with E-state index in [1.165, 1.54) is 25.3 Å². The van der Waals surface area contributed by atoms with Gasteiger partial charge in [-0.25, -0.2) is 4.79 Å². The van der Waals surface area contributed by atoms with Crippen LogP contribution in [0.15, 0.2) is 41.3 Å². The van der Waals surface area contributed by atoms with Crippen molar-refractivity contribution >= 4 is 46.6 Å². The van der Waals surface area contributed by atoms with Gasteiger partial charge in [0.05, 0.1) is 29.1 Å². The number of carboxylic acid groups (broad SMARTS) is 1. The van der Waals surface area contributed by atoms with Gasteiger partial charge in [0.2, 0.25) is 0 Å². The Morgan fingerprint density at radius 1 is 1.32 bits per heavy atom. The second kappa shape index (κ2) is 9.60. The normalized spacial score (nSPS) is 14.6. The summed E-state index contributed by atoms with van der Waals surface area (Å²) < 4.78 is 11.1. The van der Waals surface area contributed by atoms with Crippen LogP contribution in [0.1, 0.15) is 21.5 Å². The van der Waals surface area contributed by atoms with Crippen molar-refractivity contribution < 1.29 is 29.0 Å². The van der Waals surface area contributed by atoms with Gasteiger partial charge in [-0.1, -0.05) is 29.7 Å². The molecule has 158 valence electrons. The molecular weight excluding hydrogens is 442 g/mol. The Labute approximate surface area is 187 Å². The van der Waals surface area contributed by atoms with E-state index in [0.717, 1.165) is 16.7 Å². The highest BCUT2D eigenvalue weighted by Crippen LogP contribution is 2.39. The molecule has 1 fully saturated rings. The van der Waals surface area contributed by atoms with Crippen LogP contribution in [0, 0.1) is 12.3 Å². The van der Waals surface area contributed by atoms with E-state index in [1.807, 2.05) is 0 Å². The zero-order valence-electron chi connectivity index (χ0n) is 16.3. The van der Waals surface area contributed by atoms with Crippen LogP contribution < -0.4 is 9.47 Å². The van der Waals surface area contributed by atoms with Crippen LogP contribution >= 0.6 is 23.4 Å². The molecule has 9 heteroatoms. The highest BCUT2D eigenvalue weighted by Gasteiger charge is 2.34. The van der Waals surface area contributed by atoms with E-state index in [-0.39, 0.29) is 34.4 Å². The number of rotatable bonds is 7. The maximum Gasteiger partial charge on any atom is 0.335 e. The van der Waals surface area contributed by atoms with Gasteiger partial charge < -0.3 is 14.6 Å². The summed E-state index contributed by atoms with van der Waals surface area (Å²) in [7, 11) is 1.44. The Hall–Kier alpha value is -3.41. The number of ether oxygens (including phenoxy) is 2. The molecule has 7 nitrogen and oxygen atoms in total. The number of benzene rings is 2. The minimum Gasteiger partial charge on any atom is -0.493 e. The molecule has 0 aromatic heterocycles. The summed E-state index contributed by atoms with van der Waals surface area (Å²) in [4.78, 5) is 36.6. The van der Waals surface area contributed by atoms with Crippen molar-refractivity contribution in [3.05, 3.63) is 63.0 Å². The van der Waals surface area contributed by atoms with Gasteiger partial charge in [-0.15, -0.1) is 6.42 Å². The number of hydrogen-bond donors (Lipinski definition) is 1. The first-order valence-electron chi connectivity index (χ1n) is 8.85. The van der Waals surface area contributed by atoms with Crippen LogP contribution in [0.3, 0.4) is 0 Å². The SMILES string of the molecule is C#CCN1C(=O)S/C(=C/c2cc(Cl)c(OCc3cccc(C(=O)O)c3)c(OC)c2)C1=O. The molecule has 2 aromatic rings. The van der Waals surface area contributed by atoms with E-state index >= 15 is 0 Å². The number of amides is 2. The van der Waals surface area contributed by atoms with Gasteiger partial charge in [0.25, 0.3) is 11.1 Å². The van der Waals surface area contributed by atoms with E-state index < -0.39 is 17.1 Å². The van der Waals surface area contributed by atoms with Gasteiger partial charge in [-0.3, -0.25) is 14.5 Å². The predicted octanol–water partition coefficient (Wildman–Crippen LogP) is 4.30. The average molecular weight is 458 g/mol. The monoisotopic (exact) mass is 457 g/mol. The topological polar surface area (TPSA) is 93.1 Å². The molecule has 2 amide bonds. The smallest absolute Gasteiger partial charge is 0.335 e. The van der Waals surface area contributed by atoms with Crippen LogP contribution in [0.25, 0.3) is 6.08 Å². The van der Waals surface area contributed by atoms with E-state index in [0.29, 0.717) is 16.9 Å². The second-order valence-electron chi connectivity index (χ2n) is 6.30. The minimum atomic E-state index is -1.03. The fraction of sp³-hybridized carbons (Fsp3) is 0.136. The summed E-state index contributed by atoms with van der Waals surface area (Å²) in [6.07, 6.45) is 6.72. The number of hydrogen-bond acceptors (Lipinski definition) is 6. The number of terminal acetylenes is 1. The largest absolute Gasteiger partial charge is 0.493 e. The van der Waals surface area contributed by atoms with Crippen molar-refractivity contribution in [2.24, 2.45) is 0 Å². The number of aromatic carboxylic acids is 1. The van der Waals surface area contributed by atoms with Crippen molar-refractivity contribution in [1.82, 2.24) is 4.90 Å². The molecule has 0 bridgehead atoms. The maximum absolute atomic E-state index is 12.3. The third-order valence-corrected chi connectivity index (χ3v) is 5.42. The van der Waals surface area contributed by atoms with Crippen molar-refractivity contribution in [2.75, 3.05) is 13.7 Å². The molecule has 0 radical (unpaired) electrons. The van der Waals surface area contributed by atoms with Crippen molar-refractivity contribution in [3.8, 4) is 23.8 Å². The molecule has 1 N–H and O–H groups in total. The van der Waals surface area contributed by atoms with Crippen molar-refractivity contribution in [2.45, 2.75) is 6.61 Å². The predicted molar refractivity (Wildman–Crippen MR) is 117 cm³/mol. The van der Waals surface area contributed by atoms with Crippen LogP contribution in [0.5, 0.6) is 11.5 Å². The first-order valence-corrected chi connectivity index (χ1v) is 10.0. The van der Waals surface area contributed by atoms with Gasteiger partial charge in [-0.05, 0) is 53.2 Å². The van der Waals surface area contributed by atoms with E-state index in [1.54, 1.807) is 24.3 Å². The number of carbonyl (C=O) groups is 3. The van der Waals surface area contributed by atoms with Gasteiger partial charge in [-0.2, -0.15) is 0 Å². The van der Waals surface area contributed by atoms with E-state index in [4.69, 9.17) is 32.6 Å². The fourth-order valence-corrected chi connectivity index (χ4v) is 3.90. The van der Waals surface area contributed by atoms with Gasteiger partial charge in [0, 0.05) is 0 Å². The quantitative estimate of drug-likeness (QED) is 0.489. The lowest BCUT2D eigenvalue weighted by Crippen LogP contribution is -2.28. The van der Waals surface area contributed by atoms with Gasteiger partial charge in [0.15, 0.2) is 11.5 Å². The summed E-state index contributed by atoms with van der Waals surface area (Å²) in [6, 6.07) is 9.53. The molecular formula is C22H16ClNO6S. The Bertz CT molecular complexity index is 1140. The second-order valence-corrected chi connectivity index (χ2v) is 7.70. The summed E-state index contributed by atoms with van der Waals surface area (Å²) in [6.45, 7) is -0.0243. The number of carbonyl (C=O) groups excluding carboxylic acids is 2. The Balaban J connectivity index is 1.83. The average Bonchev–Trinajstić information content (AvgIpc) is 3.00. The highest BCUT2D eigenvalue weighted by atomic mass is 35.5. The Kier molecular flexibility index (Phi) is 6.90. The maximum atomic E-state index is 12.3. The molecule has 1 saturated heterocycles. The third kappa shape index (κ3) is 5.02. The Morgan fingerprint density at radius 3 is 2.77 bits per heavy atom. The van der Waals surface area contributed by atoms with Gasteiger partial charge in [0.1, 0.15) is 6.61 Å². The lowest BCUT2D eigenvalue weighted by atomic mass is 10.1. The lowest BCUT2D eigenvalue weighted by Gasteiger charge is -2.14. The van der Waals surface area contributed by atoms with Crippen LogP contribution in [0.4, 0.5) is 4.79 Å². The van der Waals surface area contributed by atoms with Crippen molar-refractivity contribution in [3.63, 3.8) is 0 Å². The molecule has 0 aliphatic carbocycles. The number of nitrogens with zero attached hydrogens (tertiary/aromatic N) is 1. The summed E-state index contributed by atoms with van der Waals surface area (Å²) in [5.41, 5.74) is 1.32. The molecule has 2 aromatic carbocycles. The summed E-state index contributed by atoms with van der Waals surface area (Å²) in [5, 5.41) is 8.89. The molecule has 0 spiro atoms. The van der Waals surface area contributed by atoms with E-state index in [2.05, 4.69) is 5.92 Å². The molecule has 1 heterocycles. The summed E-state index contributed by atoms with van der Waals surface area (Å²) >= 11 is 7.16. The molecule has 0 unspecified atom stereocenters. The number of thioether (sulfide) groups is 1. The molecule has 3 rings (SSSR count). The fourth-order valence-electron chi connectivity index (χ4n) is 2.79. The molecule has 1 aliphatic rings. The minimum absolute atomic E-state index is 0.0710. The van der Waals surface area contributed by atoms with Crippen LogP contribution in [-0.4, -0.2) is 40.8 Å². The highest BCUT2D eigenvalue weighted by molar-refractivity contribution is 8.18. The zero-order chi connectivity index (χ0) is 22.5. The Morgan fingerprint density at radius 2 is 2.10 bits per heavy atom. The zero-order valence-corrected chi connectivity index (χ0v) is 17.8. The molecule has 1 aliphatic heterocycles. The van der Waals surface area contributed by atoms with E-state index in [9.17, 15) is 14.4 Å². The van der Waals surface area contributed by atoms with Crippen LogP contribution in [0.2, 0.25) is 5.02 Å². The standard InChI is InChI=1S/C22H16ClNO6S/c1-3-7-24-20(25)18(31-22(24)28)11-14-9-16(23)19(17(10-14)29-2)30-12-13-5-4-6-15(8-13)21(26)27/h1,4-6,8-11H,7,12H2,2H3,(H,26,27)/b18-11+. The van der Waals surface area contributed by atoms with Crippen molar-refractivity contribution in [1.29, 1.82) is 0 Å². The number of imide groups is 1. The van der Waals surface area contributed by atoms with Crippen LogP contribution in [-0.2, 0) is 11.4 Å². The molecule has 31 heavy (non-hydrogen) atoms. The molecule has 0 saturated carbocycles. The van der Waals surface area contributed by atoms with Gasteiger partial charge >= 0.3 is 5.97 Å². The number of carboxylic acids is 1.